The van der Waals surface area contributed by atoms with E-state index in [1.807, 2.05) is 0 Å². The van der Waals surface area contributed by atoms with E-state index in [1.165, 1.54) is 43.0 Å². The average molecular weight is 219 g/mol. The van der Waals surface area contributed by atoms with Gasteiger partial charge in [0, 0.05) is 0 Å². The van der Waals surface area contributed by atoms with Crippen LogP contribution in [0, 0.1) is 0 Å². The Morgan fingerprint density at radius 2 is 1.91 bits per heavy atom. The number of rotatable bonds is 6. The Labute approximate surface area is 79.2 Å². The van der Waals surface area contributed by atoms with Crippen LogP contribution in [0.2, 0.25) is 0 Å². The summed E-state index contributed by atoms with van der Waals surface area (Å²) in [6.07, 6.45) is 10.0. The molecule has 66 valence electrons. The fraction of sp³-hybridized carbons (Fsp3) is 0.800. The minimum Gasteiger partial charge on any atom is -0.0744 e. The zero-order valence-electron chi connectivity index (χ0n) is 7.70. The molecule has 0 rings (SSSR count). The lowest BCUT2D eigenvalue weighted by atomic mass is 10.2. The van der Waals surface area contributed by atoms with Crippen molar-refractivity contribution in [2.24, 2.45) is 0 Å². The fourth-order valence-corrected chi connectivity index (χ4v) is 1.62. The molecule has 0 nitrogen and oxygen atoms in total. The van der Waals surface area contributed by atoms with Crippen LogP contribution in [0.1, 0.15) is 52.4 Å². The van der Waals surface area contributed by atoms with E-state index in [0.717, 1.165) is 0 Å². The molecule has 0 aromatic carbocycles. The van der Waals surface area contributed by atoms with Crippen molar-refractivity contribution in [2.75, 3.05) is 0 Å². The monoisotopic (exact) mass is 218 g/mol. The second-order valence-electron chi connectivity index (χ2n) is 2.90. The van der Waals surface area contributed by atoms with Crippen LogP contribution in [0.15, 0.2) is 10.6 Å². The van der Waals surface area contributed by atoms with E-state index < -0.39 is 0 Å². The molecule has 0 atom stereocenters. The highest BCUT2D eigenvalue weighted by Crippen LogP contribution is 2.14. The largest absolute Gasteiger partial charge is 0.0744 e. The summed E-state index contributed by atoms with van der Waals surface area (Å²) in [5.41, 5.74) is 0. The Bertz CT molecular complexity index is 105. The maximum atomic E-state index is 3.55. The standard InChI is InChI=1S/C10H19Br/c1-3-5-6-7-9-10(11)8-4-2/h9H,3-8H2,1-2H3. The first-order valence-electron chi connectivity index (χ1n) is 4.65. The van der Waals surface area contributed by atoms with E-state index in [0.29, 0.717) is 0 Å². The fourth-order valence-electron chi connectivity index (χ4n) is 0.994. The van der Waals surface area contributed by atoms with Crippen molar-refractivity contribution in [2.45, 2.75) is 52.4 Å². The van der Waals surface area contributed by atoms with E-state index in [-0.39, 0.29) is 0 Å². The van der Waals surface area contributed by atoms with Gasteiger partial charge in [0.05, 0.1) is 0 Å². The van der Waals surface area contributed by atoms with Gasteiger partial charge < -0.3 is 0 Å². The molecule has 0 spiro atoms. The minimum absolute atomic E-state index is 1.20. The molecule has 0 unspecified atom stereocenters. The smallest absolute Gasteiger partial charge is 0.00893 e. The molecule has 0 aliphatic carbocycles. The Hall–Kier alpha value is 0.220. The summed E-state index contributed by atoms with van der Waals surface area (Å²) >= 11 is 3.55. The summed E-state index contributed by atoms with van der Waals surface area (Å²) in [5, 5.41) is 0. The normalized spacial score (nSPS) is 12.1. The Morgan fingerprint density at radius 3 is 2.45 bits per heavy atom. The molecule has 0 radical (unpaired) electrons. The topological polar surface area (TPSA) is 0 Å². The zero-order valence-corrected chi connectivity index (χ0v) is 9.28. The van der Waals surface area contributed by atoms with Gasteiger partial charge in [-0.2, -0.15) is 0 Å². The first kappa shape index (κ1) is 11.2. The van der Waals surface area contributed by atoms with E-state index in [1.54, 1.807) is 0 Å². The maximum absolute atomic E-state index is 3.55. The van der Waals surface area contributed by atoms with E-state index >= 15 is 0 Å². The molecule has 11 heavy (non-hydrogen) atoms. The Kier molecular flexibility index (Phi) is 8.48. The van der Waals surface area contributed by atoms with E-state index in [4.69, 9.17) is 0 Å². The van der Waals surface area contributed by atoms with Gasteiger partial charge >= 0.3 is 0 Å². The van der Waals surface area contributed by atoms with Crippen molar-refractivity contribution in [3.05, 3.63) is 10.6 Å². The molecule has 0 heterocycles. The number of halogens is 1. The molecule has 1 heteroatoms. The predicted octanol–water partition coefficient (Wildman–Crippen LogP) is 4.65. The Balaban J connectivity index is 3.24. The highest BCUT2D eigenvalue weighted by Gasteiger charge is 1.88. The van der Waals surface area contributed by atoms with Crippen molar-refractivity contribution >= 4 is 15.9 Å². The highest BCUT2D eigenvalue weighted by atomic mass is 79.9. The van der Waals surface area contributed by atoms with Gasteiger partial charge in [-0.15, -0.1) is 0 Å². The van der Waals surface area contributed by atoms with Crippen LogP contribution in [0.5, 0.6) is 0 Å². The predicted molar refractivity (Wildman–Crippen MR) is 56.1 cm³/mol. The number of unbranched alkanes of at least 4 members (excludes halogenated alkanes) is 3. The van der Waals surface area contributed by atoms with Gasteiger partial charge in [0.25, 0.3) is 0 Å². The first-order valence-corrected chi connectivity index (χ1v) is 5.45. The summed E-state index contributed by atoms with van der Waals surface area (Å²) in [6.45, 7) is 4.45. The van der Waals surface area contributed by atoms with Gasteiger partial charge in [-0.1, -0.05) is 55.1 Å². The number of hydrogen-bond acceptors (Lipinski definition) is 0. The van der Waals surface area contributed by atoms with Gasteiger partial charge in [-0.25, -0.2) is 0 Å². The SMILES string of the molecule is CCCCCC=C(Br)CCC. The lowest BCUT2D eigenvalue weighted by molar-refractivity contribution is 0.727. The number of allylic oxidation sites excluding steroid dienone is 2. The molecule has 0 amide bonds. The van der Waals surface area contributed by atoms with E-state index in [9.17, 15) is 0 Å². The molecule has 0 aliphatic rings. The summed E-state index contributed by atoms with van der Waals surface area (Å²) in [7, 11) is 0. The molecule has 0 saturated heterocycles. The quantitative estimate of drug-likeness (QED) is 0.570. The summed E-state index contributed by atoms with van der Waals surface area (Å²) in [5.74, 6) is 0. The summed E-state index contributed by atoms with van der Waals surface area (Å²) < 4.78 is 1.39. The van der Waals surface area contributed by atoms with Crippen LogP contribution in [0.4, 0.5) is 0 Å². The number of hydrogen-bond donors (Lipinski definition) is 0. The molecule has 0 saturated carbocycles. The average Bonchev–Trinajstić information content (AvgIpc) is 1.99. The summed E-state index contributed by atoms with van der Waals surface area (Å²) in [6, 6.07) is 0. The molecular formula is C10H19Br. The highest BCUT2D eigenvalue weighted by molar-refractivity contribution is 9.11. The van der Waals surface area contributed by atoms with Crippen LogP contribution < -0.4 is 0 Å². The Morgan fingerprint density at radius 1 is 1.18 bits per heavy atom. The van der Waals surface area contributed by atoms with Crippen molar-refractivity contribution in [1.82, 2.24) is 0 Å². The second kappa shape index (κ2) is 8.32. The van der Waals surface area contributed by atoms with Gasteiger partial charge in [-0.05, 0) is 23.7 Å². The zero-order chi connectivity index (χ0) is 8.53. The lowest BCUT2D eigenvalue weighted by Crippen LogP contribution is -1.74. The van der Waals surface area contributed by atoms with Crippen LogP contribution in [0.25, 0.3) is 0 Å². The maximum Gasteiger partial charge on any atom is -0.00893 e. The van der Waals surface area contributed by atoms with Crippen LogP contribution in [-0.4, -0.2) is 0 Å². The molecule has 0 fully saturated rings. The van der Waals surface area contributed by atoms with Crippen molar-refractivity contribution in [3.8, 4) is 0 Å². The molecule has 0 aliphatic heterocycles. The second-order valence-corrected chi connectivity index (χ2v) is 3.92. The van der Waals surface area contributed by atoms with Crippen LogP contribution in [-0.2, 0) is 0 Å². The van der Waals surface area contributed by atoms with Crippen LogP contribution >= 0.6 is 15.9 Å². The van der Waals surface area contributed by atoms with E-state index in [2.05, 4.69) is 35.9 Å². The minimum atomic E-state index is 1.20. The third-order valence-corrected chi connectivity index (χ3v) is 2.38. The van der Waals surface area contributed by atoms with Gasteiger partial charge in [0.1, 0.15) is 0 Å². The lowest BCUT2D eigenvalue weighted by Gasteiger charge is -1.95. The van der Waals surface area contributed by atoms with Gasteiger partial charge in [0.2, 0.25) is 0 Å². The third kappa shape index (κ3) is 8.12. The molecule has 0 bridgehead atoms. The summed E-state index contributed by atoms with van der Waals surface area (Å²) in [4.78, 5) is 0. The van der Waals surface area contributed by atoms with Crippen molar-refractivity contribution in [1.29, 1.82) is 0 Å². The molecule has 0 aromatic rings. The van der Waals surface area contributed by atoms with Crippen molar-refractivity contribution in [3.63, 3.8) is 0 Å². The third-order valence-electron chi connectivity index (χ3n) is 1.66. The molecular weight excluding hydrogens is 200 g/mol. The van der Waals surface area contributed by atoms with Gasteiger partial charge in [0.15, 0.2) is 0 Å². The van der Waals surface area contributed by atoms with Crippen molar-refractivity contribution < 1.29 is 0 Å². The molecule has 0 aromatic heterocycles. The molecule has 0 N–H and O–H groups in total. The van der Waals surface area contributed by atoms with Crippen LogP contribution in [0.3, 0.4) is 0 Å². The first-order chi connectivity index (χ1) is 5.31. The van der Waals surface area contributed by atoms with Gasteiger partial charge in [-0.3, -0.25) is 0 Å².